The molecule has 0 bridgehead atoms. The predicted molar refractivity (Wildman–Crippen MR) is 114 cm³/mol. The summed E-state index contributed by atoms with van der Waals surface area (Å²) in [4.78, 5) is 16.0. The van der Waals surface area contributed by atoms with E-state index >= 15 is 0 Å². The summed E-state index contributed by atoms with van der Waals surface area (Å²) < 4.78 is 0. The number of H-pyrrole nitrogens is 1. The lowest BCUT2D eigenvalue weighted by atomic mass is 9.76. The van der Waals surface area contributed by atoms with Gasteiger partial charge in [0.05, 0.1) is 5.56 Å². The smallest absolute Gasteiger partial charge is 0.253 e. The van der Waals surface area contributed by atoms with E-state index in [4.69, 9.17) is 0 Å². The molecule has 1 aliphatic rings. The van der Waals surface area contributed by atoms with Crippen LogP contribution in [-0.4, -0.2) is 16.9 Å². The molecule has 1 saturated carbocycles. The predicted octanol–water partition coefficient (Wildman–Crippen LogP) is 5.77. The van der Waals surface area contributed by atoms with Crippen molar-refractivity contribution in [2.75, 3.05) is 0 Å². The van der Waals surface area contributed by atoms with Gasteiger partial charge in [0.2, 0.25) is 0 Å². The van der Waals surface area contributed by atoms with Crippen molar-refractivity contribution in [2.45, 2.75) is 44.6 Å². The van der Waals surface area contributed by atoms with Crippen molar-refractivity contribution >= 4 is 5.91 Å². The molecule has 0 aliphatic heterocycles. The summed E-state index contributed by atoms with van der Waals surface area (Å²) >= 11 is 0. The lowest BCUT2D eigenvalue weighted by Gasteiger charge is -2.33. The highest BCUT2D eigenvalue weighted by atomic mass is 16.1. The Morgan fingerprint density at radius 2 is 1.57 bits per heavy atom. The monoisotopic (exact) mass is 372 g/mol. The van der Waals surface area contributed by atoms with Gasteiger partial charge in [0.1, 0.15) is 0 Å². The molecule has 0 saturated heterocycles. The minimum atomic E-state index is 0.0118. The van der Waals surface area contributed by atoms with Gasteiger partial charge in [-0.2, -0.15) is 0 Å². The van der Waals surface area contributed by atoms with Crippen LogP contribution in [0.3, 0.4) is 0 Å². The van der Waals surface area contributed by atoms with E-state index in [-0.39, 0.29) is 11.9 Å². The van der Waals surface area contributed by atoms with Crippen LogP contribution in [0.2, 0.25) is 0 Å². The van der Waals surface area contributed by atoms with E-state index in [0.29, 0.717) is 11.8 Å². The summed E-state index contributed by atoms with van der Waals surface area (Å²) in [6.07, 6.45) is 8.44. The fourth-order valence-corrected chi connectivity index (χ4v) is 4.49. The molecule has 1 aromatic heterocycles. The Labute approximate surface area is 167 Å². The Kier molecular flexibility index (Phi) is 5.61. The van der Waals surface area contributed by atoms with Crippen molar-refractivity contribution in [3.05, 3.63) is 84.2 Å². The number of hydrogen-bond donors (Lipinski definition) is 2. The van der Waals surface area contributed by atoms with Gasteiger partial charge in [-0.15, -0.1) is 0 Å². The zero-order chi connectivity index (χ0) is 19.3. The summed E-state index contributed by atoms with van der Waals surface area (Å²) in [6.45, 7) is 2.15. The largest absolute Gasteiger partial charge is 0.366 e. The van der Waals surface area contributed by atoms with Crippen LogP contribution in [0.25, 0.3) is 11.1 Å². The van der Waals surface area contributed by atoms with Crippen molar-refractivity contribution in [2.24, 2.45) is 5.92 Å². The number of aromatic amines is 1. The van der Waals surface area contributed by atoms with Crippen LogP contribution >= 0.6 is 0 Å². The van der Waals surface area contributed by atoms with Gasteiger partial charge in [-0.3, -0.25) is 4.79 Å². The molecular formula is C25H28N2O. The Morgan fingerprint density at radius 3 is 2.25 bits per heavy atom. The summed E-state index contributed by atoms with van der Waals surface area (Å²) in [5, 5.41) is 3.26. The topological polar surface area (TPSA) is 44.9 Å². The zero-order valence-electron chi connectivity index (χ0n) is 16.4. The Morgan fingerprint density at radius 1 is 0.929 bits per heavy atom. The number of hydrogen-bond acceptors (Lipinski definition) is 1. The fraction of sp³-hybridized carbons (Fsp3) is 0.320. The molecule has 2 N–H and O–H groups in total. The number of carbonyl (C=O) groups excluding carboxylic acids is 1. The SMILES string of the molecule is C[C@@H](NC(=O)c1c[nH]cc1-c1ccccc1)C1CCC(c2ccccc2)CC1. The first-order chi connectivity index (χ1) is 13.7. The van der Waals surface area contributed by atoms with Crippen molar-refractivity contribution in [1.82, 2.24) is 10.3 Å². The molecule has 1 aliphatic carbocycles. The number of aromatic nitrogens is 1. The summed E-state index contributed by atoms with van der Waals surface area (Å²) in [5.74, 6) is 1.22. The highest BCUT2D eigenvalue weighted by Gasteiger charge is 2.27. The molecule has 0 radical (unpaired) electrons. The van der Waals surface area contributed by atoms with E-state index in [1.807, 2.05) is 36.5 Å². The molecule has 28 heavy (non-hydrogen) atoms. The molecule has 3 nitrogen and oxygen atoms in total. The Hall–Kier alpha value is -2.81. The molecule has 1 fully saturated rings. The van der Waals surface area contributed by atoms with Gasteiger partial charge in [-0.05, 0) is 55.6 Å². The Bertz CT molecular complexity index is 893. The first-order valence-electron chi connectivity index (χ1n) is 10.3. The van der Waals surface area contributed by atoms with Crippen LogP contribution in [0, 0.1) is 5.92 Å². The molecule has 144 valence electrons. The third-order valence-electron chi connectivity index (χ3n) is 6.18. The van der Waals surface area contributed by atoms with Crippen LogP contribution < -0.4 is 5.32 Å². The molecular weight excluding hydrogens is 344 g/mol. The standard InChI is InChI=1S/C25H28N2O/c1-18(19-12-14-21(15-13-19)20-8-4-2-5-9-20)27-25(28)24-17-26-16-23(24)22-10-6-3-7-11-22/h2-11,16-19,21,26H,12-15H2,1H3,(H,27,28)/t18-,19?,21?/m1/s1. The maximum Gasteiger partial charge on any atom is 0.253 e. The quantitative estimate of drug-likeness (QED) is 0.586. The fourth-order valence-electron chi connectivity index (χ4n) is 4.49. The minimum absolute atomic E-state index is 0.0118. The van der Waals surface area contributed by atoms with Gasteiger partial charge in [0.25, 0.3) is 5.91 Å². The van der Waals surface area contributed by atoms with Crippen molar-refractivity contribution < 1.29 is 4.79 Å². The van der Waals surface area contributed by atoms with Gasteiger partial charge in [0.15, 0.2) is 0 Å². The van der Waals surface area contributed by atoms with E-state index < -0.39 is 0 Å². The number of rotatable bonds is 5. The first-order valence-corrected chi connectivity index (χ1v) is 10.3. The molecule has 3 heteroatoms. The van der Waals surface area contributed by atoms with Crippen LogP contribution in [0.1, 0.15) is 54.4 Å². The number of carbonyl (C=O) groups is 1. The van der Waals surface area contributed by atoms with Gasteiger partial charge in [0, 0.05) is 24.0 Å². The average Bonchev–Trinajstić information content (AvgIpc) is 3.25. The molecule has 0 spiro atoms. The maximum atomic E-state index is 12.9. The Balaban J connectivity index is 1.37. The molecule has 1 atom stereocenters. The third-order valence-corrected chi connectivity index (χ3v) is 6.18. The average molecular weight is 373 g/mol. The van der Waals surface area contributed by atoms with Crippen molar-refractivity contribution in [3.8, 4) is 11.1 Å². The maximum absolute atomic E-state index is 12.9. The third kappa shape index (κ3) is 4.04. The first kappa shape index (κ1) is 18.5. The van der Waals surface area contributed by atoms with Crippen molar-refractivity contribution in [3.63, 3.8) is 0 Å². The van der Waals surface area contributed by atoms with Gasteiger partial charge < -0.3 is 10.3 Å². The van der Waals surface area contributed by atoms with Crippen LogP contribution in [0.4, 0.5) is 0 Å². The van der Waals surface area contributed by atoms with Crippen LogP contribution in [-0.2, 0) is 0 Å². The van der Waals surface area contributed by atoms with Crippen LogP contribution in [0.15, 0.2) is 73.1 Å². The second kappa shape index (κ2) is 8.47. The highest BCUT2D eigenvalue weighted by molar-refractivity contribution is 6.00. The van der Waals surface area contributed by atoms with E-state index in [2.05, 4.69) is 47.6 Å². The summed E-state index contributed by atoms with van der Waals surface area (Å²) in [5.41, 5.74) is 4.19. The second-order valence-electron chi connectivity index (χ2n) is 7.93. The second-order valence-corrected chi connectivity index (χ2v) is 7.93. The zero-order valence-corrected chi connectivity index (χ0v) is 16.4. The van der Waals surface area contributed by atoms with Gasteiger partial charge >= 0.3 is 0 Å². The molecule has 1 amide bonds. The lowest BCUT2D eigenvalue weighted by molar-refractivity contribution is 0.0918. The molecule has 4 rings (SSSR count). The van der Waals surface area contributed by atoms with E-state index in [9.17, 15) is 4.79 Å². The number of nitrogens with one attached hydrogen (secondary N) is 2. The summed E-state index contributed by atoms with van der Waals surface area (Å²) in [7, 11) is 0. The van der Waals surface area contributed by atoms with Crippen molar-refractivity contribution in [1.29, 1.82) is 0 Å². The number of amides is 1. The highest BCUT2D eigenvalue weighted by Crippen LogP contribution is 2.37. The van der Waals surface area contributed by atoms with Gasteiger partial charge in [-0.25, -0.2) is 0 Å². The summed E-state index contributed by atoms with van der Waals surface area (Å²) in [6, 6.07) is 21.1. The van der Waals surface area contributed by atoms with Gasteiger partial charge in [-0.1, -0.05) is 60.7 Å². The van der Waals surface area contributed by atoms with E-state index in [1.54, 1.807) is 6.20 Å². The number of benzene rings is 2. The molecule has 1 heterocycles. The molecule has 0 unspecified atom stereocenters. The normalized spacial score (nSPS) is 20.5. The van der Waals surface area contributed by atoms with Crippen LogP contribution in [0.5, 0.6) is 0 Å². The van der Waals surface area contributed by atoms with E-state index in [0.717, 1.165) is 16.7 Å². The molecule has 3 aromatic rings. The lowest BCUT2D eigenvalue weighted by Crippen LogP contribution is -2.39. The molecule has 2 aromatic carbocycles. The minimum Gasteiger partial charge on any atom is -0.366 e. The van der Waals surface area contributed by atoms with E-state index in [1.165, 1.54) is 31.2 Å².